The molecule has 0 aliphatic carbocycles. The van der Waals surface area contributed by atoms with Crippen LogP contribution in [-0.2, 0) is 12.0 Å². The molecular weight excluding hydrogens is 208 g/mol. The average molecular weight is 232 g/mol. The Morgan fingerprint density at radius 2 is 1.76 bits per heavy atom. The van der Waals surface area contributed by atoms with Crippen molar-refractivity contribution in [3.8, 4) is 0 Å². The van der Waals surface area contributed by atoms with Gasteiger partial charge in [-0.05, 0) is 23.6 Å². The standard InChI is InChI=1S/C15H24N2/c1-15(2,3)13-7-5-12(6-8-13)11-17(4)14-9-16-10-14/h5-8,14,16H,9-11H2,1-4H3. The molecule has 17 heavy (non-hydrogen) atoms. The van der Waals surface area contributed by atoms with Gasteiger partial charge in [0.05, 0.1) is 0 Å². The first-order chi connectivity index (χ1) is 7.97. The van der Waals surface area contributed by atoms with Gasteiger partial charge in [-0.1, -0.05) is 45.0 Å². The van der Waals surface area contributed by atoms with E-state index in [1.54, 1.807) is 0 Å². The van der Waals surface area contributed by atoms with Crippen LogP contribution in [0.2, 0.25) is 0 Å². The monoisotopic (exact) mass is 232 g/mol. The van der Waals surface area contributed by atoms with Gasteiger partial charge in [0, 0.05) is 25.7 Å². The van der Waals surface area contributed by atoms with Crippen LogP contribution in [0.25, 0.3) is 0 Å². The summed E-state index contributed by atoms with van der Waals surface area (Å²) < 4.78 is 0. The molecule has 1 saturated heterocycles. The van der Waals surface area contributed by atoms with E-state index in [-0.39, 0.29) is 5.41 Å². The Bertz CT molecular complexity index is 358. The Morgan fingerprint density at radius 3 is 2.18 bits per heavy atom. The van der Waals surface area contributed by atoms with E-state index in [1.807, 2.05) is 0 Å². The first-order valence-corrected chi connectivity index (χ1v) is 6.47. The molecule has 2 nitrogen and oxygen atoms in total. The number of benzene rings is 1. The van der Waals surface area contributed by atoms with Gasteiger partial charge in [-0.2, -0.15) is 0 Å². The van der Waals surface area contributed by atoms with E-state index in [1.165, 1.54) is 11.1 Å². The molecule has 0 saturated carbocycles. The molecule has 0 aromatic heterocycles. The molecular formula is C15H24N2. The fourth-order valence-corrected chi connectivity index (χ4v) is 2.11. The summed E-state index contributed by atoms with van der Waals surface area (Å²) >= 11 is 0. The summed E-state index contributed by atoms with van der Waals surface area (Å²) in [6.07, 6.45) is 0. The molecule has 2 heteroatoms. The summed E-state index contributed by atoms with van der Waals surface area (Å²) in [5, 5.41) is 3.32. The van der Waals surface area contributed by atoms with Gasteiger partial charge in [0.1, 0.15) is 0 Å². The summed E-state index contributed by atoms with van der Waals surface area (Å²) in [6.45, 7) is 10.1. The molecule has 0 radical (unpaired) electrons. The third-order valence-electron chi connectivity index (χ3n) is 3.64. The molecule has 2 rings (SSSR count). The van der Waals surface area contributed by atoms with E-state index < -0.39 is 0 Å². The lowest BCUT2D eigenvalue weighted by molar-refractivity contribution is 0.173. The summed E-state index contributed by atoms with van der Waals surface area (Å²) in [6, 6.07) is 9.79. The minimum atomic E-state index is 0.252. The van der Waals surface area contributed by atoms with E-state index in [0.717, 1.165) is 25.7 Å². The second-order valence-corrected chi connectivity index (χ2v) is 6.17. The zero-order chi connectivity index (χ0) is 12.5. The highest BCUT2D eigenvalue weighted by atomic mass is 15.2. The predicted octanol–water partition coefficient (Wildman–Crippen LogP) is 2.39. The van der Waals surface area contributed by atoms with Crippen LogP contribution in [0.1, 0.15) is 31.9 Å². The van der Waals surface area contributed by atoms with Crippen molar-refractivity contribution in [1.82, 2.24) is 10.2 Å². The lowest BCUT2D eigenvalue weighted by Crippen LogP contribution is -2.55. The van der Waals surface area contributed by atoms with E-state index in [4.69, 9.17) is 0 Å². The molecule has 0 atom stereocenters. The summed E-state index contributed by atoms with van der Waals surface area (Å²) in [4.78, 5) is 2.43. The molecule has 1 heterocycles. The lowest BCUT2D eigenvalue weighted by atomic mass is 9.87. The normalized spacial score (nSPS) is 17.2. The fourth-order valence-electron chi connectivity index (χ4n) is 2.11. The summed E-state index contributed by atoms with van der Waals surface area (Å²) in [5.74, 6) is 0. The summed E-state index contributed by atoms with van der Waals surface area (Å²) in [7, 11) is 2.21. The number of hydrogen-bond acceptors (Lipinski definition) is 2. The van der Waals surface area contributed by atoms with Crippen molar-refractivity contribution in [2.24, 2.45) is 0 Å². The van der Waals surface area contributed by atoms with E-state index in [2.05, 4.69) is 62.3 Å². The van der Waals surface area contributed by atoms with Gasteiger partial charge in [-0.25, -0.2) is 0 Å². The van der Waals surface area contributed by atoms with Gasteiger partial charge >= 0.3 is 0 Å². The zero-order valence-corrected chi connectivity index (χ0v) is 11.5. The number of nitrogens with one attached hydrogen (secondary N) is 1. The smallest absolute Gasteiger partial charge is 0.0345 e. The molecule has 1 aromatic rings. The van der Waals surface area contributed by atoms with Crippen molar-refractivity contribution < 1.29 is 0 Å². The molecule has 0 amide bonds. The zero-order valence-electron chi connectivity index (χ0n) is 11.5. The van der Waals surface area contributed by atoms with Crippen LogP contribution in [0.3, 0.4) is 0 Å². The van der Waals surface area contributed by atoms with Gasteiger partial charge in [-0.3, -0.25) is 4.90 Å². The molecule has 1 fully saturated rings. The topological polar surface area (TPSA) is 15.3 Å². The highest BCUT2D eigenvalue weighted by molar-refractivity contribution is 5.27. The average Bonchev–Trinajstić information content (AvgIpc) is 2.13. The highest BCUT2D eigenvalue weighted by Crippen LogP contribution is 2.22. The first kappa shape index (κ1) is 12.6. The van der Waals surface area contributed by atoms with Crippen LogP contribution in [0, 0.1) is 0 Å². The van der Waals surface area contributed by atoms with Crippen LogP contribution in [0.15, 0.2) is 24.3 Å². The van der Waals surface area contributed by atoms with Gasteiger partial charge in [-0.15, -0.1) is 0 Å². The number of rotatable bonds is 3. The third kappa shape index (κ3) is 3.08. The van der Waals surface area contributed by atoms with Crippen LogP contribution >= 0.6 is 0 Å². The van der Waals surface area contributed by atoms with E-state index in [0.29, 0.717) is 0 Å². The molecule has 1 aromatic carbocycles. The van der Waals surface area contributed by atoms with Crippen LogP contribution in [0.4, 0.5) is 0 Å². The van der Waals surface area contributed by atoms with Gasteiger partial charge in [0.25, 0.3) is 0 Å². The highest BCUT2D eigenvalue weighted by Gasteiger charge is 2.21. The number of likely N-dealkylation sites (N-methyl/N-ethyl adjacent to an activating group) is 1. The number of nitrogens with zero attached hydrogens (tertiary/aromatic N) is 1. The van der Waals surface area contributed by atoms with E-state index >= 15 is 0 Å². The largest absolute Gasteiger partial charge is 0.314 e. The lowest BCUT2D eigenvalue weighted by Gasteiger charge is -2.35. The fraction of sp³-hybridized carbons (Fsp3) is 0.600. The second-order valence-electron chi connectivity index (χ2n) is 6.17. The van der Waals surface area contributed by atoms with Gasteiger partial charge < -0.3 is 5.32 Å². The van der Waals surface area contributed by atoms with Crippen molar-refractivity contribution in [2.75, 3.05) is 20.1 Å². The van der Waals surface area contributed by atoms with Crippen LogP contribution in [-0.4, -0.2) is 31.1 Å². The molecule has 0 unspecified atom stereocenters. The molecule has 0 spiro atoms. The summed E-state index contributed by atoms with van der Waals surface area (Å²) in [5.41, 5.74) is 3.07. The molecule has 1 N–H and O–H groups in total. The van der Waals surface area contributed by atoms with Crippen molar-refractivity contribution in [2.45, 2.75) is 38.8 Å². The second kappa shape index (κ2) is 4.79. The Morgan fingerprint density at radius 1 is 1.18 bits per heavy atom. The maximum Gasteiger partial charge on any atom is 0.0345 e. The Kier molecular flexibility index (Phi) is 3.55. The Hall–Kier alpha value is -0.860. The van der Waals surface area contributed by atoms with Crippen LogP contribution in [0.5, 0.6) is 0 Å². The third-order valence-corrected chi connectivity index (χ3v) is 3.64. The quantitative estimate of drug-likeness (QED) is 0.861. The minimum Gasteiger partial charge on any atom is -0.314 e. The maximum absolute atomic E-state index is 3.32. The van der Waals surface area contributed by atoms with E-state index in [9.17, 15) is 0 Å². The van der Waals surface area contributed by atoms with Crippen molar-refractivity contribution >= 4 is 0 Å². The van der Waals surface area contributed by atoms with Crippen molar-refractivity contribution in [1.29, 1.82) is 0 Å². The van der Waals surface area contributed by atoms with Gasteiger partial charge in [0.15, 0.2) is 0 Å². The minimum absolute atomic E-state index is 0.252. The van der Waals surface area contributed by atoms with Gasteiger partial charge in [0.2, 0.25) is 0 Å². The predicted molar refractivity (Wildman–Crippen MR) is 73.3 cm³/mol. The first-order valence-electron chi connectivity index (χ1n) is 6.47. The Balaban J connectivity index is 1.98. The molecule has 0 bridgehead atoms. The molecule has 1 aliphatic heterocycles. The Labute approximate surface area is 105 Å². The number of hydrogen-bond donors (Lipinski definition) is 1. The molecule has 1 aliphatic rings. The van der Waals surface area contributed by atoms with Crippen LogP contribution < -0.4 is 5.32 Å². The molecule has 94 valence electrons. The SMILES string of the molecule is CN(Cc1ccc(C(C)(C)C)cc1)C1CNC1. The van der Waals surface area contributed by atoms with Crippen molar-refractivity contribution in [3.05, 3.63) is 35.4 Å². The maximum atomic E-state index is 3.32. The van der Waals surface area contributed by atoms with Crippen molar-refractivity contribution in [3.63, 3.8) is 0 Å².